The van der Waals surface area contributed by atoms with Crippen LogP contribution in [0.3, 0.4) is 0 Å². The molecule has 4 heteroatoms. The number of nitrogens with one attached hydrogen (secondary N) is 1. The number of hydrogen-bond acceptors (Lipinski definition) is 2. The molecule has 0 saturated heterocycles. The molecule has 1 N–H and O–H groups in total. The van der Waals surface area contributed by atoms with Crippen LogP contribution >= 0.6 is 0 Å². The van der Waals surface area contributed by atoms with Crippen LogP contribution in [0.5, 0.6) is 0 Å². The summed E-state index contributed by atoms with van der Waals surface area (Å²) in [6.07, 6.45) is 13.1. The molecule has 4 nitrogen and oxygen atoms in total. The maximum atomic E-state index is 12.1. The highest BCUT2D eigenvalue weighted by Gasteiger charge is 2.15. The molecule has 19 heavy (non-hydrogen) atoms. The molecule has 0 bridgehead atoms. The van der Waals surface area contributed by atoms with Gasteiger partial charge in [0.05, 0.1) is 0 Å². The maximum Gasteiger partial charge on any atom is 0.240 e. The fourth-order valence-corrected chi connectivity index (χ4v) is 2.79. The van der Waals surface area contributed by atoms with Crippen molar-refractivity contribution >= 4 is 5.91 Å². The summed E-state index contributed by atoms with van der Waals surface area (Å²) in [5.41, 5.74) is 0. The normalized spacial score (nSPS) is 17.1. The first-order valence-electron chi connectivity index (χ1n) is 7.59. The van der Waals surface area contributed by atoms with E-state index in [1.54, 1.807) is 6.20 Å². The van der Waals surface area contributed by atoms with E-state index in [0.717, 1.165) is 31.5 Å². The van der Waals surface area contributed by atoms with E-state index in [2.05, 4.69) is 17.2 Å². The minimum Gasteiger partial charge on any atom is -0.352 e. The van der Waals surface area contributed by atoms with Crippen LogP contribution in [0.25, 0.3) is 0 Å². The third-order valence-corrected chi connectivity index (χ3v) is 3.81. The zero-order valence-corrected chi connectivity index (χ0v) is 11.9. The number of amides is 1. The molecule has 106 valence electrons. The predicted molar refractivity (Wildman–Crippen MR) is 75.9 cm³/mol. The van der Waals surface area contributed by atoms with Crippen LogP contribution in [-0.2, 0) is 17.8 Å². The summed E-state index contributed by atoms with van der Waals surface area (Å²) in [4.78, 5) is 16.4. The van der Waals surface area contributed by atoms with E-state index in [9.17, 15) is 4.79 Å². The molecule has 0 aliphatic heterocycles. The van der Waals surface area contributed by atoms with E-state index in [1.807, 2.05) is 10.8 Å². The van der Waals surface area contributed by atoms with Gasteiger partial charge in [0.25, 0.3) is 0 Å². The summed E-state index contributed by atoms with van der Waals surface area (Å²) in [6, 6.07) is 0.383. The second kappa shape index (κ2) is 7.31. The molecule has 1 aliphatic carbocycles. The minimum atomic E-state index is 0.127. The average molecular weight is 263 g/mol. The van der Waals surface area contributed by atoms with Crippen LogP contribution in [0.2, 0.25) is 0 Å². The van der Waals surface area contributed by atoms with Gasteiger partial charge in [-0.3, -0.25) is 4.79 Å². The Morgan fingerprint density at radius 3 is 2.79 bits per heavy atom. The Bertz CT molecular complexity index is 392. The minimum absolute atomic E-state index is 0.127. The van der Waals surface area contributed by atoms with Crippen LogP contribution in [0, 0.1) is 0 Å². The van der Waals surface area contributed by atoms with Crippen LogP contribution in [0.15, 0.2) is 12.4 Å². The second-order valence-corrected chi connectivity index (χ2v) is 5.48. The van der Waals surface area contributed by atoms with E-state index < -0.39 is 0 Å². The number of rotatable bonds is 5. The van der Waals surface area contributed by atoms with Crippen molar-refractivity contribution in [3.8, 4) is 0 Å². The molecule has 1 aliphatic rings. The lowest BCUT2D eigenvalue weighted by atomic mass is 10.1. The Morgan fingerprint density at radius 1 is 1.37 bits per heavy atom. The molecule has 1 aromatic heterocycles. The zero-order chi connectivity index (χ0) is 13.5. The summed E-state index contributed by atoms with van der Waals surface area (Å²) in [7, 11) is 0. The Morgan fingerprint density at radius 2 is 2.11 bits per heavy atom. The fraction of sp³-hybridized carbons (Fsp3) is 0.733. The monoisotopic (exact) mass is 263 g/mol. The van der Waals surface area contributed by atoms with Gasteiger partial charge >= 0.3 is 0 Å². The number of hydrogen-bond donors (Lipinski definition) is 1. The van der Waals surface area contributed by atoms with Gasteiger partial charge in [-0.2, -0.15) is 0 Å². The van der Waals surface area contributed by atoms with Crippen molar-refractivity contribution in [2.24, 2.45) is 0 Å². The van der Waals surface area contributed by atoms with E-state index in [0.29, 0.717) is 12.6 Å². The molecule has 0 aromatic carbocycles. The van der Waals surface area contributed by atoms with Crippen LogP contribution in [0.1, 0.15) is 57.7 Å². The van der Waals surface area contributed by atoms with Crippen molar-refractivity contribution in [2.45, 2.75) is 70.9 Å². The lowest BCUT2D eigenvalue weighted by Gasteiger charge is -2.16. The van der Waals surface area contributed by atoms with Crippen molar-refractivity contribution in [2.75, 3.05) is 0 Å². The number of carbonyl (C=O) groups excluding carboxylic acids is 1. The van der Waals surface area contributed by atoms with Gasteiger partial charge in [-0.1, -0.05) is 32.6 Å². The number of nitrogens with zero attached hydrogens (tertiary/aromatic N) is 2. The average Bonchev–Trinajstić information content (AvgIpc) is 2.65. The molecule has 1 saturated carbocycles. The highest BCUT2D eigenvalue weighted by molar-refractivity contribution is 5.76. The first-order valence-corrected chi connectivity index (χ1v) is 7.59. The van der Waals surface area contributed by atoms with Gasteiger partial charge in [0.2, 0.25) is 5.91 Å². The SMILES string of the molecule is CCCc1nccn1CC(=O)NC1CCCCCC1. The smallest absolute Gasteiger partial charge is 0.240 e. The van der Waals surface area contributed by atoms with E-state index in [4.69, 9.17) is 0 Å². The van der Waals surface area contributed by atoms with Gasteiger partial charge in [0, 0.05) is 24.9 Å². The highest BCUT2D eigenvalue weighted by atomic mass is 16.2. The van der Waals surface area contributed by atoms with Crippen molar-refractivity contribution in [3.05, 3.63) is 18.2 Å². The largest absolute Gasteiger partial charge is 0.352 e. The first kappa shape index (κ1) is 14.1. The zero-order valence-electron chi connectivity index (χ0n) is 11.9. The number of carbonyl (C=O) groups is 1. The van der Waals surface area contributed by atoms with Gasteiger partial charge < -0.3 is 9.88 Å². The molecule has 0 unspecified atom stereocenters. The van der Waals surface area contributed by atoms with E-state index in [1.165, 1.54) is 25.7 Å². The van der Waals surface area contributed by atoms with Crippen molar-refractivity contribution in [1.29, 1.82) is 0 Å². The van der Waals surface area contributed by atoms with Crippen molar-refractivity contribution in [1.82, 2.24) is 14.9 Å². The molecule has 2 rings (SSSR count). The lowest BCUT2D eigenvalue weighted by molar-refractivity contribution is -0.122. The quantitative estimate of drug-likeness (QED) is 0.830. The molecule has 1 amide bonds. The maximum absolute atomic E-state index is 12.1. The van der Waals surface area contributed by atoms with Crippen molar-refractivity contribution < 1.29 is 4.79 Å². The fourth-order valence-electron chi connectivity index (χ4n) is 2.79. The molecule has 1 heterocycles. The van der Waals surface area contributed by atoms with Gasteiger partial charge in [0.1, 0.15) is 12.4 Å². The molecule has 1 fully saturated rings. The Balaban J connectivity index is 1.84. The van der Waals surface area contributed by atoms with Gasteiger partial charge in [0.15, 0.2) is 0 Å². The summed E-state index contributed by atoms with van der Waals surface area (Å²) in [5.74, 6) is 1.14. The van der Waals surface area contributed by atoms with Gasteiger partial charge in [-0.25, -0.2) is 4.98 Å². The van der Waals surface area contributed by atoms with Crippen LogP contribution in [0.4, 0.5) is 0 Å². The standard InChI is InChI=1S/C15H25N3O/c1-2-7-14-16-10-11-18(14)12-15(19)17-13-8-5-3-4-6-9-13/h10-11,13H,2-9,12H2,1H3,(H,17,19). The summed E-state index contributed by atoms with van der Waals surface area (Å²) in [6.45, 7) is 2.54. The van der Waals surface area contributed by atoms with Crippen molar-refractivity contribution in [3.63, 3.8) is 0 Å². The third-order valence-electron chi connectivity index (χ3n) is 3.81. The Labute approximate surface area is 115 Å². The predicted octanol–water partition coefficient (Wildman–Crippen LogP) is 2.67. The molecular weight excluding hydrogens is 238 g/mol. The number of imidazole rings is 1. The van der Waals surface area contributed by atoms with Crippen LogP contribution in [-0.4, -0.2) is 21.5 Å². The topological polar surface area (TPSA) is 46.9 Å². The Hall–Kier alpha value is -1.32. The molecular formula is C15H25N3O. The van der Waals surface area contributed by atoms with E-state index >= 15 is 0 Å². The summed E-state index contributed by atoms with van der Waals surface area (Å²) in [5, 5.41) is 3.18. The summed E-state index contributed by atoms with van der Waals surface area (Å²) < 4.78 is 1.97. The highest BCUT2D eigenvalue weighted by Crippen LogP contribution is 2.17. The van der Waals surface area contributed by atoms with Gasteiger partial charge in [-0.15, -0.1) is 0 Å². The molecule has 0 spiro atoms. The van der Waals surface area contributed by atoms with Crippen LogP contribution < -0.4 is 5.32 Å². The first-order chi connectivity index (χ1) is 9.29. The number of aromatic nitrogens is 2. The molecule has 1 aromatic rings. The Kier molecular flexibility index (Phi) is 5.43. The lowest BCUT2D eigenvalue weighted by Crippen LogP contribution is -2.36. The number of aryl methyl sites for hydroxylation is 1. The van der Waals surface area contributed by atoms with E-state index in [-0.39, 0.29) is 5.91 Å². The third kappa shape index (κ3) is 4.37. The second-order valence-electron chi connectivity index (χ2n) is 5.48. The molecule has 0 radical (unpaired) electrons. The summed E-state index contributed by atoms with van der Waals surface area (Å²) >= 11 is 0. The molecule has 0 atom stereocenters. The van der Waals surface area contributed by atoms with Gasteiger partial charge in [-0.05, 0) is 19.3 Å².